The second-order valence-electron chi connectivity index (χ2n) is 5.82. The number of aromatic amines is 1. The summed E-state index contributed by atoms with van der Waals surface area (Å²) in [6.45, 7) is 1.42. The van der Waals surface area contributed by atoms with Crippen LogP contribution in [0.5, 0.6) is 0 Å². The van der Waals surface area contributed by atoms with Crippen molar-refractivity contribution in [3.63, 3.8) is 0 Å². The van der Waals surface area contributed by atoms with Crippen molar-refractivity contribution in [2.24, 2.45) is 0 Å². The summed E-state index contributed by atoms with van der Waals surface area (Å²) in [5.41, 5.74) is 0.876. The third-order valence-electron chi connectivity index (χ3n) is 4.68. The van der Waals surface area contributed by atoms with E-state index in [-0.39, 0.29) is 5.60 Å². The zero-order valence-corrected chi connectivity index (χ0v) is 12.8. The molecule has 1 aromatic rings. The zero-order chi connectivity index (χ0) is 14.0. The van der Waals surface area contributed by atoms with E-state index in [1.165, 1.54) is 31.4 Å². The van der Waals surface area contributed by atoms with Crippen LogP contribution in [0.15, 0.2) is 6.07 Å². The molecule has 5 heteroatoms. The number of ether oxygens (including phenoxy) is 2. The summed E-state index contributed by atoms with van der Waals surface area (Å²) in [4.78, 5) is 8.08. The van der Waals surface area contributed by atoms with Crippen molar-refractivity contribution in [2.45, 2.75) is 50.0 Å². The van der Waals surface area contributed by atoms with Crippen LogP contribution in [0.25, 0.3) is 0 Å². The lowest BCUT2D eigenvalue weighted by Gasteiger charge is -2.35. The predicted molar refractivity (Wildman–Crippen MR) is 79.4 cm³/mol. The second-order valence-corrected chi connectivity index (χ2v) is 6.23. The van der Waals surface area contributed by atoms with Gasteiger partial charge in [-0.25, -0.2) is 4.98 Å². The number of methoxy groups -OCH3 is 1. The number of hydrogen-bond donors (Lipinski definition) is 1. The van der Waals surface area contributed by atoms with Gasteiger partial charge >= 0.3 is 0 Å². The second kappa shape index (κ2) is 5.92. The third-order valence-corrected chi connectivity index (χ3v) is 4.89. The van der Waals surface area contributed by atoms with E-state index in [0.717, 1.165) is 18.7 Å². The Morgan fingerprint density at radius 2 is 2.05 bits per heavy atom. The van der Waals surface area contributed by atoms with E-state index < -0.39 is 0 Å². The molecule has 0 atom stereocenters. The molecule has 1 aliphatic carbocycles. The van der Waals surface area contributed by atoms with Crippen molar-refractivity contribution in [2.75, 3.05) is 20.3 Å². The molecule has 4 nitrogen and oxygen atoms in total. The molecule has 20 heavy (non-hydrogen) atoms. The minimum atomic E-state index is -0.361. The lowest BCUT2D eigenvalue weighted by molar-refractivity contribution is -0.100. The molecule has 1 saturated carbocycles. The summed E-state index contributed by atoms with van der Waals surface area (Å²) in [7, 11) is 1.76. The average molecular weight is 294 g/mol. The van der Waals surface area contributed by atoms with Crippen LogP contribution in [0, 0.1) is 4.64 Å². The standard InChI is InChI=1S/C15H22N2O2S/c1-18-15(6-8-19-9-7-15)14-16-12(10-13(20)17-14)11-4-2-3-5-11/h10-11H,2-9H2,1H3,(H,16,17,20). The highest BCUT2D eigenvalue weighted by atomic mass is 32.1. The minimum absolute atomic E-state index is 0.361. The molecule has 1 aromatic heterocycles. The van der Waals surface area contributed by atoms with Gasteiger partial charge in [0.25, 0.3) is 0 Å². The van der Waals surface area contributed by atoms with E-state index in [0.29, 0.717) is 23.8 Å². The van der Waals surface area contributed by atoms with Gasteiger partial charge in [0.15, 0.2) is 0 Å². The molecule has 0 radical (unpaired) electrons. The van der Waals surface area contributed by atoms with Crippen LogP contribution in [0.4, 0.5) is 0 Å². The van der Waals surface area contributed by atoms with Gasteiger partial charge in [-0.15, -0.1) is 0 Å². The monoisotopic (exact) mass is 294 g/mol. The lowest BCUT2D eigenvalue weighted by Crippen LogP contribution is -2.37. The van der Waals surface area contributed by atoms with E-state index in [9.17, 15) is 0 Å². The van der Waals surface area contributed by atoms with E-state index in [1.54, 1.807) is 7.11 Å². The Bertz CT molecular complexity index is 517. The topological polar surface area (TPSA) is 47.1 Å². The normalized spacial score (nSPS) is 23.1. The predicted octanol–water partition coefficient (Wildman–Crippen LogP) is 3.45. The minimum Gasteiger partial charge on any atom is -0.381 e. The van der Waals surface area contributed by atoms with Crippen LogP contribution in [-0.2, 0) is 15.1 Å². The van der Waals surface area contributed by atoms with Gasteiger partial charge in [0.2, 0.25) is 0 Å². The number of H-pyrrole nitrogens is 1. The van der Waals surface area contributed by atoms with Crippen LogP contribution in [0.1, 0.15) is 56.0 Å². The average Bonchev–Trinajstić information content (AvgIpc) is 3.01. The molecule has 1 aliphatic heterocycles. The maximum absolute atomic E-state index is 5.82. The highest BCUT2D eigenvalue weighted by Crippen LogP contribution is 2.36. The smallest absolute Gasteiger partial charge is 0.140 e. The first-order valence-corrected chi connectivity index (χ1v) is 7.89. The fraction of sp³-hybridized carbons (Fsp3) is 0.733. The van der Waals surface area contributed by atoms with Crippen molar-refractivity contribution in [1.82, 2.24) is 9.97 Å². The maximum Gasteiger partial charge on any atom is 0.140 e. The summed E-state index contributed by atoms with van der Waals surface area (Å²) in [6, 6.07) is 2.03. The Kier molecular flexibility index (Phi) is 4.19. The molecule has 2 aliphatic rings. The maximum atomic E-state index is 5.82. The molecule has 0 bridgehead atoms. The first-order valence-electron chi connectivity index (χ1n) is 7.48. The molecule has 1 N–H and O–H groups in total. The highest BCUT2D eigenvalue weighted by molar-refractivity contribution is 7.71. The van der Waals surface area contributed by atoms with Crippen LogP contribution >= 0.6 is 12.2 Å². The molecule has 0 spiro atoms. The van der Waals surface area contributed by atoms with Gasteiger partial charge < -0.3 is 14.5 Å². The largest absolute Gasteiger partial charge is 0.381 e. The van der Waals surface area contributed by atoms with Gasteiger partial charge in [-0.2, -0.15) is 0 Å². The van der Waals surface area contributed by atoms with Crippen molar-refractivity contribution >= 4 is 12.2 Å². The number of aromatic nitrogens is 2. The van der Waals surface area contributed by atoms with Crippen molar-refractivity contribution in [3.8, 4) is 0 Å². The van der Waals surface area contributed by atoms with Gasteiger partial charge in [0.05, 0.1) is 0 Å². The fourth-order valence-electron chi connectivity index (χ4n) is 3.39. The van der Waals surface area contributed by atoms with Crippen LogP contribution in [0.3, 0.4) is 0 Å². The molecule has 1 saturated heterocycles. The van der Waals surface area contributed by atoms with Gasteiger partial charge in [0, 0.05) is 38.9 Å². The Balaban J connectivity index is 1.97. The number of hydrogen-bond acceptors (Lipinski definition) is 4. The van der Waals surface area contributed by atoms with Crippen molar-refractivity contribution < 1.29 is 9.47 Å². The van der Waals surface area contributed by atoms with Crippen molar-refractivity contribution in [3.05, 3.63) is 22.2 Å². The molecular weight excluding hydrogens is 272 g/mol. The summed E-state index contributed by atoms with van der Waals surface area (Å²) < 4.78 is 11.9. The molecule has 3 rings (SSSR count). The summed E-state index contributed by atoms with van der Waals surface area (Å²) in [5.74, 6) is 1.49. The fourth-order valence-corrected chi connectivity index (χ4v) is 3.61. The molecule has 0 aromatic carbocycles. The Labute approximate surface area is 124 Å². The number of nitrogens with zero attached hydrogens (tertiary/aromatic N) is 1. The first-order chi connectivity index (χ1) is 9.73. The van der Waals surface area contributed by atoms with E-state index in [1.807, 2.05) is 6.07 Å². The van der Waals surface area contributed by atoms with Gasteiger partial charge in [0.1, 0.15) is 16.1 Å². The van der Waals surface area contributed by atoms with Crippen molar-refractivity contribution in [1.29, 1.82) is 0 Å². The van der Waals surface area contributed by atoms with Crippen LogP contribution in [0.2, 0.25) is 0 Å². The quantitative estimate of drug-likeness (QED) is 0.867. The van der Waals surface area contributed by atoms with Gasteiger partial charge in [-0.1, -0.05) is 25.1 Å². The molecule has 110 valence electrons. The number of nitrogens with one attached hydrogen (secondary N) is 1. The Morgan fingerprint density at radius 1 is 1.35 bits per heavy atom. The summed E-state index contributed by atoms with van der Waals surface area (Å²) in [5, 5.41) is 0. The Morgan fingerprint density at radius 3 is 2.70 bits per heavy atom. The first kappa shape index (κ1) is 14.2. The van der Waals surface area contributed by atoms with E-state index in [2.05, 4.69) is 9.97 Å². The van der Waals surface area contributed by atoms with Crippen LogP contribution < -0.4 is 0 Å². The lowest BCUT2D eigenvalue weighted by atomic mass is 9.92. The Hall–Kier alpha value is -0.780. The van der Waals surface area contributed by atoms with E-state index in [4.69, 9.17) is 21.7 Å². The molecule has 0 unspecified atom stereocenters. The highest BCUT2D eigenvalue weighted by Gasteiger charge is 2.37. The SMILES string of the molecule is COC1(c2nc(=S)cc(C3CCCC3)[nH]2)CCOCC1. The van der Waals surface area contributed by atoms with E-state index >= 15 is 0 Å². The molecule has 2 fully saturated rings. The zero-order valence-electron chi connectivity index (χ0n) is 12.0. The van der Waals surface area contributed by atoms with Crippen LogP contribution in [-0.4, -0.2) is 30.3 Å². The molecular formula is C15H22N2O2S. The third kappa shape index (κ3) is 2.67. The van der Waals surface area contributed by atoms with Gasteiger partial charge in [-0.3, -0.25) is 0 Å². The summed E-state index contributed by atoms with van der Waals surface area (Å²) >= 11 is 5.37. The molecule has 2 heterocycles. The number of rotatable bonds is 3. The molecule has 0 amide bonds. The van der Waals surface area contributed by atoms with Gasteiger partial charge in [-0.05, 0) is 24.8 Å². The summed E-state index contributed by atoms with van der Waals surface area (Å²) in [6.07, 6.45) is 6.78.